The lowest BCUT2D eigenvalue weighted by molar-refractivity contribution is -0.274. The lowest BCUT2D eigenvalue weighted by Gasteiger charge is -2.19. The first kappa shape index (κ1) is 18.6. The van der Waals surface area contributed by atoms with Crippen molar-refractivity contribution in [1.29, 1.82) is 0 Å². The average molecular weight is 353 g/mol. The van der Waals surface area contributed by atoms with E-state index in [4.69, 9.17) is 10.5 Å². The molecule has 0 unspecified atom stereocenters. The number of rotatable bonds is 3. The van der Waals surface area contributed by atoms with Gasteiger partial charge in [-0.25, -0.2) is 4.79 Å². The highest BCUT2D eigenvalue weighted by Gasteiger charge is 2.31. The third-order valence-corrected chi connectivity index (χ3v) is 3.09. The Morgan fingerprint density at radius 2 is 1.52 bits per heavy atom. The Balaban J connectivity index is 2.20. The molecule has 0 spiro atoms. The number of anilines is 1. The molecular formula is C18H18F3NO3. The predicted molar refractivity (Wildman–Crippen MR) is 88.1 cm³/mol. The third kappa shape index (κ3) is 5.41. The molecule has 0 atom stereocenters. The normalized spacial score (nSPS) is 11.9. The number of benzene rings is 2. The molecule has 2 aromatic rings. The maximum Gasteiger partial charge on any atom is 0.573 e. The van der Waals surface area contributed by atoms with Gasteiger partial charge in [-0.15, -0.1) is 13.2 Å². The molecule has 0 bridgehead atoms. The van der Waals surface area contributed by atoms with Crippen LogP contribution in [0.25, 0.3) is 11.1 Å². The zero-order valence-electron chi connectivity index (χ0n) is 14.0. The molecule has 0 radical (unpaired) electrons. The fourth-order valence-corrected chi connectivity index (χ4v) is 2.08. The van der Waals surface area contributed by atoms with Gasteiger partial charge >= 0.3 is 12.3 Å². The second-order valence-electron chi connectivity index (χ2n) is 6.38. The zero-order valence-corrected chi connectivity index (χ0v) is 14.0. The van der Waals surface area contributed by atoms with Crippen LogP contribution in [0.5, 0.6) is 5.75 Å². The minimum Gasteiger partial charge on any atom is -0.456 e. The van der Waals surface area contributed by atoms with Crippen LogP contribution in [-0.4, -0.2) is 17.9 Å². The van der Waals surface area contributed by atoms with E-state index >= 15 is 0 Å². The molecule has 0 saturated heterocycles. The fourth-order valence-electron chi connectivity index (χ4n) is 2.08. The smallest absolute Gasteiger partial charge is 0.456 e. The summed E-state index contributed by atoms with van der Waals surface area (Å²) in [5.74, 6) is -0.908. The summed E-state index contributed by atoms with van der Waals surface area (Å²) < 4.78 is 45.9. The molecule has 0 fully saturated rings. The van der Waals surface area contributed by atoms with Crippen molar-refractivity contribution in [1.82, 2.24) is 0 Å². The Hall–Kier alpha value is -2.70. The van der Waals surface area contributed by atoms with E-state index < -0.39 is 23.7 Å². The van der Waals surface area contributed by atoms with Gasteiger partial charge in [0.05, 0.1) is 11.3 Å². The van der Waals surface area contributed by atoms with Crippen molar-refractivity contribution in [2.45, 2.75) is 32.7 Å². The second-order valence-corrected chi connectivity index (χ2v) is 6.38. The van der Waals surface area contributed by atoms with E-state index in [-0.39, 0.29) is 5.69 Å². The third-order valence-electron chi connectivity index (χ3n) is 3.09. The maximum absolute atomic E-state index is 12.3. The van der Waals surface area contributed by atoms with Crippen LogP contribution in [0.3, 0.4) is 0 Å². The molecule has 2 aromatic carbocycles. The Morgan fingerprint density at radius 3 is 2.00 bits per heavy atom. The Morgan fingerprint density at radius 1 is 0.960 bits per heavy atom. The van der Waals surface area contributed by atoms with Gasteiger partial charge in [0.2, 0.25) is 0 Å². The number of hydrogen-bond acceptors (Lipinski definition) is 4. The standard InChI is InChI=1S/C18H18F3NO3/c1-17(2,3)25-16(23)12-6-4-11(5-7-12)13-8-9-15(14(22)10-13)24-18(19,20)21/h4-10H,22H2,1-3H3. The maximum atomic E-state index is 12.3. The summed E-state index contributed by atoms with van der Waals surface area (Å²) in [6.07, 6.45) is -4.80. The molecule has 134 valence electrons. The molecule has 0 aliphatic rings. The van der Waals surface area contributed by atoms with Crippen LogP contribution >= 0.6 is 0 Å². The summed E-state index contributed by atoms with van der Waals surface area (Å²) in [6.45, 7) is 5.31. The van der Waals surface area contributed by atoms with Gasteiger partial charge in [-0.1, -0.05) is 18.2 Å². The predicted octanol–water partition coefficient (Wildman–Crippen LogP) is 4.79. The topological polar surface area (TPSA) is 61.5 Å². The molecule has 2 rings (SSSR count). The molecular weight excluding hydrogens is 335 g/mol. The van der Waals surface area contributed by atoms with E-state index in [9.17, 15) is 18.0 Å². The van der Waals surface area contributed by atoms with Crippen LogP contribution in [-0.2, 0) is 4.74 Å². The first-order valence-corrected chi connectivity index (χ1v) is 7.44. The van der Waals surface area contributed by atoms with E-state index in [0.717, 1.165) is 6.07 Å². The first-order chi connectivity index (χ1) is 11.4. The van der Waals surface area contributed by atoms with Gasteiger partial charge in [0.1, 0.15) is 5.60 Å². The van der Waals surface area contributed by atoms with E-state index in [1.807, 2.05) is 0 Å². The number of nitrogen functional groups attached to an aromatic ring is 1. The molecule has 0 heterocycles. The van der Waals surface area contributed by atoms with Crippen LogP contribution < -0.4 is 10.5 Å². The minimum absolute atomic E-state index is 0.133. The van der Waals surface area contributed by atoms with Crippen molar-refractivity contribution < 1.29 is 27.4 Å². The van der Waals surface area contributed by atoms with Gasteiger partial charge in [-0.05, 0) is 56.2 Å². The summed E-state index contributed by atoms with van der Waals surface area (Å²) in [6, 6.07) is 10.5. The molecule has 0 aliphatic carbocycles. The van der Waals surface area contributed by atoms with Gasteiger partial charge in [0.25, 0.3) is 0 Å². The molecule has 25 heavy (non-hydrogen) atoms. The van der Waals surface area contributed by atoms with Gasteiger partial charge in [-0.2, -0.15) is 0 Å². The lowest BCUT2D eigenvalue weighted by atomic mass is 10.0. The number of hydrogen-bond donors (Lipinski definition) is 1. The van der Waals surface area contributed by atoms with Crippen LogP contribution in [0.2, 0.25) is 0 Å². The molecule has 0 amide bonds. The van der Waals surface area contributed by atoms with Crippen molar-refractivity contribution in [3.8, 4) is 16.9 Å². The number of alkyl halides is 3. The van der Waals surface area contributed by atoms with E-state index in [1.165, 1.54) is 12.1 Å². The van der Waals surface area contributed by atoms with Crippen molar-refractivity contribution >= 4 is 11.7 Å². The van der Waals surface area contributed by atoms with Gasteiger partial charge in [-0.3, -0.25) is 0 Å². The zero-order chi connectivity index (χ0) is 18.8. The van der Waals surface area contributed by atoms with E-state index in [2.05, 4.69) is 4.74 Å². The largest absolute Gasteiger partial charge is 0.573 e. The number of esters is 1. The Kier molecular flexibility index (Phi) is 4.97. The van der Waals surface area contributed by atoms with E-state index in [0.29, 0.717) is 16.7 Å². The average Bonchev–Trinajstić information content (AvgIpc) is 2.46. The summed E-state index contributed by atoms with van der Waals surface area (Å²) >= 11 is 0. The quantitative estimate of drug-likeness (QED) is 0.637. The summed E-state index contributed by atoms with van der Waals surface area (Å²) in [5.41, 5.74) is 6.55. The van der Waals surface area contributed by atoms with Gasteiger partial charge in [0.15, 0.2) is 5.75 Å². The van der Waals surface area contributed by atoms with Crippen LogP contribution in [0, 0.1) is 0 Å². The minimum atomic E-state index is -4.80. The molecule has 7 heteroatoms. The Bertz CT molecular complexity index is 763. The summed E-state index contributed by atoms with van der Waals surface area (Å²) in [4.78, 5) is 12.0. The molecule has 0 aliphatic heterocycles. The van der Waals surface area contributed by atoms with Crippen molar-refractivity contribution in [2.24, 2.45) is 0 Å². The first-order valence-electron chi connectivity index (χ1n) is 7.44. The van der Waals surface area contributed by atoms with E-state index in [1.54, 1.807) is 45.0 Å². The Labute approximate surface area is 143 Å². The second kappa shape index (κ2) is 6.66. The molecule has 4 nitrogen and oxygen atoms in total. The number of ether oxygens (including phenoxy) is 2. The SMILES string of the molecule is CC(C)(C)OC(=O)c1ccc(-c2ccc(OC(F)(F)F)c(N)c2)cc1. The van der Waals surface area contributed by atoms with Gasteiger partial charge < -0.3 is 15.2 Å². The number of halogens is 3. The highest BCUT2D eigenvalue weighted by atomic mass is 19.4. The molecule has 2 N–H and O–H groups in total. The van der Waals surface area contributed by atoms with Crippen molar-refractivity contribution in [2.75, 3.05) is 5.73 Å². The number of nitrogens with two attached hydrogens (primary N) is 1. The van der Waals surface area contributed by atoms with Crippen LogP contribution in [0.15, 0.2) is 42.5 Å². The fraction of sp³-hybridized carbons (Fsp3) is 0.278. The molecule has 0 aromatic heterocycles. The van der Waals surface area contributed by atoms with Gasteiger partial charge in [0, 0.05) is 0 Å². The monoisotopic (exact) mass is 353 g/mol. The molecule has 0 saturated carbocycles. The summed E-state index contributed by atoms with van der Waals surface area (Å²) in [7, 11) is 0. The number of carbonyl (C=O) groups excluding carboxylic acids is 1. The highest BCUT2D eigenvalue weighted by Crippen LogP contribution is 2.32. The van der Waals surface area contributed by atoms with Crippen LogP contribution in [0.4, 0.5) is 18.9 Å². The van der Waals surface area contributed by atoms with Crippen molar-refractivity contribution in [3.63, 3.8) is 0 Å². The highest BCUT2D eigenvalue weighted by molar-refractivity contribution is 5.90. The van der Waals surface area contributed by atoms with Crippen LogP contribution in [0.1, 0.15) is 31.1 Å². The summed E-state index contributed by atoms with van der Waals surface area (Å²) in [5, 5.41) is 0. The number of carbonyl (C=O) groups is 1. The lowest BCUT2D eigenvalue weighted by Crippen LogP contribution is -2.23. The van der Waals surface area contributed by atoms with Crippen molar-refractivity contribution in [3.05, 3.63) is 48.0 Å².